The number of hydrogen-bond donors (Lipinski definition) is 2. The molecule has 0 spiro atoms. The molecular weight excluding hydrogens is 467 g/mol. The predicted octanol–water partition coefficient (Wildman–Crippen LogP) is 2.97. The van der Waals surface area contributed by atoms with Crippen LogP contribution in [-0.4, -0.2) is 40.8 Å². The Bertz CT molecular complexity index is 941. The lowest BCUT2D eigenvalue weighted by atomic mass is 10.0. The van der Waals surface area contributed by atoms with Gasteiger partial charge in [0.1, 0.15) is 11.6 Å². The van der Waals surface area contributed by atoms with E-state index >= 15 is 0 Å². The van der Waals surface area contributed by atoms with Crippen molar-refractivity contribution in [3.8, 4) is 5.75 Å². The zero-order valence-electron chi connectivity index (χ0n) is 15.8. The SMILES string of the molecule is CN=C(NCCCc1nnc2ccccn12)NC1CCOc2ccccc21.I. The van der Waals surface area contributed by atoms with E-state index in [4.69, 9.17) is 4.74 Å². The first kappa shape index (κ1) is 20.4. The zero-order chi connectivity index (χ0) is 18.5. The Morgan fingerprint density at radius 1 is 1.21 bits per heavy atom. The van der Waals surface area contributed by atoms with Crippen molar-refractivity contribution in [3.63, 3.8) is 0 Å². The van der Waals surface area contributed by atoms with E-state index in [0.717, 1.165) is 49.0 Å². The average molecular weight is 492 g/mol. The van der Waals surface area contributed by atoms with Crippen LogP contribution in [0.15, 0.2) is 53.7 Å². The molecule has 2 N–H and O–H groups in total. The molecule has 1 unspecified atom stereocenters. The Labute approximate surface area is 181 Å². The van der Waals surface area contributed by atoms with Gasteiger partial charge in [0.25, 0.3) is 0 Å². The first-order chi connectivity index (χ1) is 13.3. The molecule has 1 aliphatic rings. The molecule has 0 aliphatic carbocycles. The number of para-hydroxylation sites is 1. The molecule has 0 bridgehead atoms. The van der Waals surface area contributed by atoms with Crippen molar-refractivity contribution in [1.82, 2.24) is 25.2 Å². The number of nitrogens with zero attached hydrogens (tertiary/aromatic N) is 4. The number of hydrogen-bond acceptors (Lipinski definition) is 4. The second-order valence-electron chi connectivity index (χ2n) is 6.52. The fourth-order valence-corrected chi connectivity index (χ4v) is 3.37. The van der Waals surface area contributed by atoms with Gasteiger partial charge in [-0.15, -0.1) is 34.2 Å². The number of aromatic nitrogens is 3. The molecular formula is C20H25IN6O. The third-order valence-electron chi connectivity index (χ3n) is 4.75. The monoisotopic (exact) mass is 492 g/mol. The highest BCUT2D eigenvalue weighted by Crippen LogP contribution is 2.31. The number of ether oxygens (including phenoxy) is 1. The molecule has 0 saturated heterocycles. The molecule has 8 heteroatoms. The minimum absolute atomic E-state index is 0. The van der Waals surface area contributed by atoms with Gasteiger partial charge in [-0.2, -0.15) is 0 Å². The van der Waals surface area contributed by atoms with Crippen molar-refractivity contribution >= 4 is 35.6 Å². The first-order valence-corrected chi connectivity index (χ1v) is 9.32. The highest BCUT2D eigenvalue weighted by molar-refractivity contribution is 14.0. The van der Waals surface area contributed by atoms with Gasteiger partial charge in [-0.05, 0) is 24.6 Å². The van der Waals surface area contributed by atoms with E-state index in [0.29, 0.717) is 6.61 Å². The van der Waals surface area contributed by atoms with E-state index in [9.17, 15) is 0 Å². The quantitative estimate of drug-likeness (QED) is 0.248. The summed E-state index contributed by atoms with van der Waals surface area (Å²) in [5.41, 5.74) is 2.07. The molecule has 0 radical (unpaired) electrons. The van der Waals surface area contributed by atoms with Crippen LogP contribution in [0.2, 0.25) is 0 Å². The van der Waals surface area contributed by atoms with Gasteiger partial charge in [-0.25, -0.2) is 0 Å². The van der Waals surface area contributed by atoms with Crippen LogP contribution in [0.5, 0.6) is 5.75 Å². The zero-order valence-corrected chi connectivity index (χ0v) is 18.2. The van der Waals surface area contributed by atoms with Crippen molar-refractivity contribution in [1.29, 1.82) is 0 Å². The van der Waals surface area contributed by atoms with Crippen molar-refractivity contribution in [2.24, 2.45) is 4.99 Å². The lowest BCUT2D eigenvalue weighted by Gasteiger charge is -2.28. The van der Waals surface area contributed by atoms with Crippen LogP contribution in [0, 0.1) is 0 Å². The summed E-state index contributed by atoms with van der Waals surface area (Å²) in [6.45, 7) is 1.53. The Kier molecular flexibility index (Phi) is 7.07. The summed E-state index contributed by atoms with van der Waals surface area (Å²) in [7, 11) is 1.80. The molecule has 2 aromatic heterocycles. The molecule has 0 saturated carbocycles. The average Bonchev–Trinajstić information content (AvgIpc) is 3.13. The number of benzene rings is 1. The molecule has 3 aromatic rings. The van der Waals surface area contributed by atoms with Gasteiger partial charge in [0, 0.05) is 38.2 Å². The maximum Gasteiger partial charge on any atom is 0.191 e. The van der Waals surface area contributed by atoms with E-state index in [-0.39, 0.29) is 30.0 Å². The molecule has 1 atom stereocenters. The van der Waals surface area contributed by atoms with E-state index in [1.807, 2.05) is 47.0 Å². The molecule has 3 heterocycles. The maximum atomic E-state index is 5.73. The smallest absolute Gasteiger partial charge is 0.191 e. The number of halogens is 1. The van der Waals surface area contributed by atoms with Gasteiger partial charge in [-0.3, -0.25) is 9.39 Å². The van der Waals surface area contributed by atoms with Gasteiger partial charge in [0.05, 0.1) is 12.6 Å². The molecule has 0 amide bonds. The number of guanidine groups is 1. The van der Waals surface area contributed by atoms with Crippen molar-refractivity contribution in [3.05, 3.63) is 60.0 Å². The lowest BCUT2D eigenvalue weighted by molar-refractivity contribution is 0.261. The minimum Gasteiger partial charge on any atom is -0.493 e. The summed E-state index contributed by atoms with van der Waals surface area (Å²) in [4.78, 5) is 4.36. The summed E-state index contributed by atoms with van der Waals surface area (Å²) < 4.78 is 7.76. The summed E-state index contributed by atoms with van der Waals surface area (Å²) in [6, 6.07) is 14.3. The Balaban J connectivity index is 0.00000225. The number of fused-ring (bicyclic) bond motifs is 2. The van der Waals surface area contributed by atoms with Gasteiger partial charge in [0.2, 0.25) is 0 Å². The van der Waals surface area contributed by atoms with E-state index in [1.165, 1.54) is 5.56 Å². The van der Waals surface area contributed by atoms with Crippen LogP contribution in [0.3, 0.4) is 0 Å². The van der Waals surface area contributed by atoms with Crippen molar-refractivity contribution in [2.45, 2.75) is 25.3 Å². The molecule has 0 fully saturated rings. The van der Waals surface area contributed by atoms with E-state index in [2.05, 4.69) is 31.9 Å². The number of nitrogens with one attached hydrogen (secondary N) is 2. The molecule has 1 aromatic carbocycles. The number of rotatable bonds is 5. The number of pyridine rings is 1. The van der Waals surface area contributed by atoms with Gasteiger partial charge in [-0.1, -0.05) is 24.3 Å². The third-order valence-corrected chi connectivity index (χ3v) is 4.75. The Hall–Kier alpha value is -2.36. The minimum atomic E-state index is 0. The Morgan fingerprint density at radius 2 is 2.07 bits per heavy atom. The largest absolute Gasteiger partial charge is 0.493 e. The van der Waals surface area contributed by atoms with Crippen LogP contribution in [0.4, 0.5) is 0 Å². The highest BCUT2D eigenvalue weighted by atomic mass is 127. The maximum absolute atomic E-state index is 5.73. The number of aliphatic imine (C=N–C) groups is 1. The van der Waals surface area contributed by atoms with Crippen LogP contribution in [0.25, 0.3) is 5.65 Å². The van der Waals surface area contributed by atoms with Crippen molar-refractivity contribution in [2.75, 3.05) is 20.2 Å². The molecule has 7 nitrogen and oxygen atoms in total. The molecule has 4 rings (SSSR count). The van der Waals surface area contributed by atoms with Crippen LogP contribution in [-0.2, 0) is 6.42 Å². The molecule has 28 heavy (non-hydrogen) atoms. The molecule has 1 aliphatic heterocycles. The summed E-state index contributed by atoms with van der Waals surface area (Å²) in [5.74, 6) is 2.74. The van der Waals surface area contributed by atoms with Gasteiger partial charge < -0.3 is 15.4 Å². The Morgan fingerprint density at radius 3 is 2.96 bits per heavy atom. The van der Waals surface area contributed by atoms with Crippen LogP contribution in [0.1, 0.15) is 30.3 Å². The predicted molar refractivity (Wildman–Crippen MR) is 121 cm³/mol. The third kappa shape index (κ3) is 4.54. The normalized spacial score (nSPS) is 16.0. The van der Waals surface area contributed by atoms with Gasteiger partial charge in [0.15, 0.2) is 11.6 Å². The molecule has 148 valence electrons. The van der Waals surface area contributed by atoms with E-state index < -0.39 is 0 Å². The van der Waals surface area contributed by atoms with Gasteiger partial charge >= 0.3 is 0 Å². The topological polar surface area (TPSA) is 75.8 Å². The highest BCUT2D eigenvalue weighted by Gasteiger charge is 2.21. The van der Waals surface area contributed by atoms with Crippen LogP contribution < -0.4 is 15.4 Å². The fourth-order valence-electron chi connectivity index (χ4n) is 3.37. The second kappa shape index (κ2) is 9.72. The second-order valence-corrected chi connectivity index (χ2v) is 6.52. The van der Waals surface area contributed by atoms with E-state index in [1.54, 1.807) is 7.05 Å². The lowest BCUT2D eigenvalue weighted by Crippen LogP contribution is -2.41. The van der Waals surface area contributed by atoms with Crippen LogP contribution >= 0.6 is 24.0 Å². The first-order valence-electron chi connectivity index (χ1n) is 9.32. The summed E-state index contributed by atoms with van der Waals surface area (Å²) in [5, 5.41) is 15.4. The summed E-state index contributed by atoms with van der Waals surface area (Å²) in [6.07, 6.45) is 4.72. The standard InChI is InChI=1S/C20H24N6O.HI/c1-21-20(23-16-11-14-27-17-8-3-2-7-15(16)17)22-12-6-10-19-25-24-18-9-4-5-13-26(18)19;/h2-5,7-9,13,16H,6,10-12,14H2,1H3,(H2,21,22,23);1H. The summed E-state index contributed by atoms with van der Waals surface area (Å²) >= 11 is 0. The fraction of sp³-hybridized carbons (Fsp3) is 0.350. The van der Waals surface area contributed by atoms with Crippen molar-refractivity contribution < 1.29 is 4.74 Å². The number of aryl methyl sites for hydroxylation is 1.